The van der Waals surface area contributed by atoms with E-state index in [0.717, 1.165) is 6.07 Å². The molecule has 8 heteroatoms. The van der Waals surface area contributed by atoms with Gasteiger partial charge in [0.1, 0.15) is 0 Å². The number of rotatable bonds is 7. The molecule has 110 valence electrons. The number of nitro groups is 1. The number of amides is 1. The lowest BCUT2D eigenvalue weighted by Gasteiger charge is -2.14. The first-order chi connectivity index (χ1) is 9.40. The Morgan fingerprint density at radius 1 is 1.50 bits per heavy atom. The number of aliphatic hydroxyl groups is 1. The molecular weight excluding hydrogens is 268 g/mol. The second-order valence-electron chi connectivity index (χ2n) is 4.16. The molecular formula is C12H16N2O6. The number of carbonyl (C=O) groups is 1. The van der Waals surface area contributed by atoms with Gasteiger partial charge in [0.25, 0.3) is 5.69 Å². The summed E-state index contributed by atoms with van der Waals surface area (Å²) in [6, 6.07) is 2.47. The number of hydrogen-bond acceptors (Lipinski definition) is 6. The standard InChI is InChI=1S/C12H16N2O6/c1-7(12(13)16)6-20-11-4-9(14(17)18)8(5-15)3-10(11)19-2/h3-4,7,15H,5-6H2,1-2H3,(H2,13,16). The average Bonchev–Trinajstić information content (AvgIpc) is 2.43. The van der Waals surface area contributed by atoms with Gasteiger partial charge in [0.2, 0.25) is 5.91 Å². The highest BCUT2D eigenvalue weighted by molar-refractivity contribution is 5.76. The van der Waals surface area contributed by atoms with Crippen molar-refractivity contribution in [3.8, 4) is 11.5 Å². The fourth-order valence-electron chi connectivity index (χ4n) is 1.46. The average molecular weight is 284 g/mol. The number of hydrogen-bond donors (Lipinski definition) is 2. The van der Waals surface area contributed by atoms with Gasteiger partial charge in [0, 0.05) is 0 Å². The van der Waals surface area contributed by atoms with E-state index in [4.69, 9.17) is 20.3 Å². The smallest absolute Gasteiger partial charge is 0.278 e. The van der Waals surface area contributed by atoms with E-state index in [1.165, 1.54) is 13.2 Å². The fraction of sp³-hybridized carbons (Fsp3) is 0.417. The molecule has 0 spiro atoms. The van der Waals surface area contributed by atoms with Crippen LogP contribution in [0.5, 0.6) is 11.5 Å². The molecule has 0 bridgehead atoms. The molecule has 1 atom stereocenters. The highest BCUT2D eigenvalue weighted by Gasteiger charge is 2.20. The molecule has 0 radical (unpaired) electrons. The molecule has 20 heavy (non-hydrogen) atoms. The summed E-state index contributed by atoms with van der Waals surface area (Å²) in [4.78, 5) is 21.2. The minimum absolute atomic E-state index is 0.0265. The third-order valence-electron chi connectivity index (χ3n) is 2.71. The van der Waals surface area contributed by atoms with Gasteiger partial charge < -0.3 is 20.3 Å². The van der Waals surface area contributed by atoms with Gasteiger partial charge in [-0.15, -0.1) is 0 Å². The highest BCUT2D eigenvalue weighted by Crippen LogP contribution is 2.34. The number of methoxy groups -OCH3 is 1. The van der Waals surface area contributed by atoms with Crippen LogP contribution in [0.3, 0.4) is 0 Å². The molecule has 0 saturated heterocycles. The zero-order valence-electron chi connectivity index (χ0n) is 11.2. The van der Waals surface area contributed by atoms with Gasteiger partial charge in [-0.1, -0.05) is 6.92 Å². The second-order valence-corrected chi connectivity index (χ2v) is 4.16. The summed E-state index contributed by atoms with van der Waals surface area (Å²) in [5.41, 5.74) is 4.93. The molecule has 0 aromatic heterocycles. The van der Waals surface area contributed by atoms with E-state index in [-0.39, 0.29) is 29.4 Å². The van der Waals surface area contributed by atoms with Crippen LogP contribution < -0.4 is 15.2 Å². The van der Waals surface area contributed by atoms with Crippen LogP contribution in [-0.4, -0.2) is 29.7 Å². The van der Waals surface area contributed by atoms with E-state index >= 15 is 0 Å². The van der Waals surface area contributed by atoms with Crippen LogP contribution >= 0.6 is 0 Å². The molecule has 0 heterocycles. The van der Waals surface area contributed by atoms with Gasteiger partial charge in [-0.3, -0.25) is 14.9 Å². The monoisotopic (exact) mass is 284 g/mol. The van der Waals surface area contributed by atoms with Gasteiger partial charge in [0.15, 0.2) is 11.5 Å². The lowest BCUT2D eigenvalue weighted by molar-refractivity contribution is -0.385. The van der Waals surface area contributed by atoms with Crippen molar-refractivity contribution in [3.05, 3.63) is 27.8 Å². The number of ether oxygens (including phenoxy) is 2. The van der Waals surface area contributed by atoms with Gasteiger partial charge >= 0.3 is 0 Å². The van der Waals surface area contributed by atoms with Crippen molar-refractivity contribution in [1.82, 2.24) is 0 Å². The van der Waals surface area contributed by atoms with Crippen LogP contribution in [0, 0.1) is 16.0 Å². The molecule has 0 aliphatic heterocycles. The van der Waals surface area contributed by atoms with Crippen molar-refractivity contribution in [2.24, 2.45) is 11.7 Å². The Balaban J connectivity index is 3.08. The van der Waals surface area contributed by atoms with Crippen molar-refractivity contribution in [3.63, 3.8) is 0 Å². The molecule has 1 unspecified atom stereocenters. The molecule has 0 aliphatic carbocycles. The lowest BCUT2D eigenvalue weighted by atomic mass is 10.1. The Kier molecular flexibility index (Phi) is 5.27. The van der Waals surface area contributed by atoms with Gasteiger partial charge in [-0.25, -0.2) is 0 Å². The Hall–Kier alpha value is -2.35. The van der Waals surface area contributed by atoms with Crippen LogP contribution in [0.4, 0.5) is 5.69 Å². The first-order valence-electron chi connectivity index (χ1n) is 5.79. The third-order valence-corrected chi connectivity index (χ3v) is 2.71. The van der Waals surface area contributed by atoms with Crippen LogP contribution in [0.25, 0.3) is 0 Å². The number of nitro benzene ring substituents is 1. The van der Waals surface area contributed by atoms with Crippen LogP contribution in [-0.2, 0) is 11.4 Å². The zero-order chi connectivity index (χ0) is 15.3. The maximum atomic E-state index is 10.9. The topological polar surface area (TPSA) is 125 Å². The Labute approximate surface area is 115 Å². The first-order valence-corrected chi connectivity index (χ1v) is 5.79. The van der Waals surface area contributed by atoms with Gasteiger partial charge in [-0.2, -0.15) is 0 Å². The zero-order valence-corrected chi connectivity index (χ0v) is 11.2. The number of carbonyl (C=O) groups excluding carboxylic acids is 1. The molecule has 0 fully saturated rings. The normalized spacial score (nSPS) is 11.8. The van der Waals surface area contributed by atoms with Crippen LogP contribution in [0.1, 0.15) is 12.5 Å². The van der Waals surface area contributed by atoms with Crippen LogP contribution in [0.15, 0.2) is 12.1 Å². The van der Waals surface area contributed by atoms with E-state index in [2.05, 4.69) is 0 Å². The number of aliphatic hydroxyl groups excluding tert-OH is 1. The predicted molar refractivity (Wildman–Crippen MR) is 69.4 cm³/mol. The highest BCUT2D eigenvalue weighted by atomic mass is 16.6. The summed E-state index contributed by atoms with van der Waals surface area (Å²) >= 11 is 0. The molecule has 1 amide bonds. The van der Waals surface area contributed by atoms with Gasteiger partial charge in [-0.05, 0) is 6.07 Å². The SMILES string of the molecule is COc1cc(CO)c([N+](=O)[O-])cc1OCC(C)C(N)=O. The maximum absolute atomic E-state index is 10.9. The summed E-state index contributed by atoms with van der Waals surface area (Å²) in [5, 5.41) is 20.0. The minimum atomic E-state index is -0.630. The molecule has 1 aromatic carbocycles. The van der Waals surface area contributed by atoms with E-state index in [1.807, 2.05) is 0 Å². The quantitative estimate of drug-likeness (QED) is 0.557. The Morgan fingerprint density at radius 3 is 2.60 bits per heavy atom. The van der Waals surface area contributed by atoms with E-state index in [9.17, 15) is 14.9 Å². The third kappa shape index (κ3) is 3.58. The molecule has 0 saturated carbocycles. The molecule has 1 aromatic rings. The summed E-state index contributed by atoms with van der Waals surface area (Å²) in [6.07, 6.45) is 0. The Bertz CT molecular complexity index is 517. The summed E-state index contributed by atoms with van der Waals surface area (Å²) in [6.45, 7) is 1.05. The number of primary amides is 1. The van der Waals surface area contributed by atoms with Crippen molar-refractivity contribution in [2.75, 3.05) is 13.7 Å². The minimum Gasteiger partial charge on any atom is -0.493 e. The lowest BCUT2D eigenvalue weighted by Crippen LogP contribution is -2.25. The first kappa shape index (κ1) is 15.7. The van der Waals surface area contributed by atoms with Crippen molar-refractivity contribution >= 4 is 11.6 Å². The maximum Gasteiger partial charge on any atom is 0.278 e. The number of nitrogens with zero attached hydrogens (tertiary/aromatic N) is 1. The molecule has 1 rings (SSSR count). The fourth-order valence-corrected chi connectivity index (χ4v) is 1.46. The van der Waals surface area contributed by atoms with Crippen molar-refractivity contribution in [2.45, 2.75) is 13.5 Å². The van der Waals surface area contributed by atoms with Gasteiger partial charge in [0.05, 0.1) is 42.8 Å². The van der Waals surface area contributed by atoms with E-state index in [0.29, 0.717) is 0 Å². The molecule has 0 aliphatic rings. The van der Waals surface area contributed by atoms with Crippen molar-refractivity contribution < 1.29 is 24.3 Å². The van der Waals surface area contributed by atoms with Crippen molar-refractivity contribution in [1.29, 1.82) is 0 Å². The number of nitrogens with two attached hydrogens (primary N) is 1. The molecule has 3 N–H and O–H groups in total. The van der Waals surface area contributed by atoms with E-state index in [1.54, 1.807) is 6.92 Å². The number of benzene rings is 1. The largest absolute Gasteiger partial charge is 0.493 e. The molecule has 8 nitrogen and oxygen atoms in total. The summed E-state index contributed by atoms with van der Waals surface area (Å²) in [7, 11) is 1.37. The Morgan fingerprint density at radius 2 is 2.15 bits per heavy atom. The van der Waals surface area contributed by atoms with Crippen LogP contribution in [0.2, 0.25) is 0 Å². The predicted octanol–water partition coefficient (Wildman–Crippen LogP) is 0.596. The summed E-state index contributed by atoms with van der Waals surface area (Å²) in [5.74, 6) is -0.734. The van der Waals surface area contributed by atoms with E-state index < -0.39 is 23.4 Å². The second kappa shape index (κ2) is 6.71. The summed E-state index contributed by atoms with van der Waals surface area (Å²) < 4.78 is 10.4.